The van der Waals surface area contributed by atoms with Gasteiger partial charge in [0.25, 0.3) is 0 Å². The lowest BCUT2D eigenvalue weighted by Crippen LogP contribution is -2.19. The van der Waals surface area contributed by atoms with E-state index < -0.39 is 0 Å². The van der Waals surface area contributed by atoms with Gasteiger partial charge in [-0.2, -0.15) is 0 Å². The van der Waals surface area contributed by atoms with Crippen molar-refractivity contribution >= 4 is 44.0 Å². The summed E-state index contributed by atoms with van der Waals surface area (Å²) in [6.45, 7) is 5.84. The third kappa shape index (κ3) is 1.60. The molecule has 1 aromatic carbocycles. The van der Waals surface area contributed by atoms with E-state index in [1.807, 2.05) is 6.08 Å². The first kappa shape index (κ1) is 11.3. The van der Waals surface area contributed by atoms with Crippen molar-refractivity contribution < 1.29 is 0 Å². The molecule has 2 aliphatic heterocycles. The van der Waals surface area contributed by atoms with Crippen molar-refractivity contribution in [3.8, 4) is 0 Å². The molecule has 0 amide bonds. The van der Waals surface area contributed by atoms with Gasteiger partial charge in [-0.05, 0) is 17.8 Å². The Kier molecular flexibility index (Phi) is 2.53. The van der Waals surface area contributed by atoms with Crippen LogP contribution < -0.4 is 0 Å². The highest BCUT2D eigenvalue weighted by atomic mass is 32.2. The Morgan fingerprint density at radius 1 is 1.32 bits per heavy atom. The molecular weight excluding hydrogens is 272 g/mol. The third-order valence-electron chi connectivity index (χ3n) is 3.43. The van der Waals surface area contributed by atoms with Crippen molar-refractivity contribution in [2.24, 2.45) is 4.99 Å². The zero-order valence-corrected chi connectivity index (χ0v) is 11.9. The maximum atomic E-state index is 4.56. The lowest BCUT2D eigenvalue weighted by atomic mass is 10.1. The summed E-state index contributed by atoms with van der Waals surface area (Å²) in [4.78, 5) is 8.11. The monoisotopic (exact) mass is 284 g/mol. The molecule has 1 aromatic heterocycles. The number of thiophene rings is 1. The second-order valence-electron chi connectivity index (χ2n) is 4.48. The third-order valence-corrected chi connectivity index (χ3v) is 5.50. The molecule has 0 atom stereocenters. The molecule has 4 heteroatoms. The number of thioether (sulfide) groups is 1. The van der Waals surface area contributed by atoms with E-state index in [1.54, 1.807) is 23.1 Å². The summed E-state index contributed by atoms with van der Waals surface area (Å²) in [5, 5.41) is 4.71. The largest absolute Gasteiger partial charge is 0.317 e. The van der Waals surface area contributed by atoms with E-state index in [4.69, 9.17) is 0 Å². The molecule has 0 fully saturated rings. The first-order valence-corrected chi connectivity index (χ1v) is 7.91. The Balaban J connectivity index is 1.95. The molecule has 4 rings (SSSR count). The van der Waals surface area contributed by atoms with Gasteiger partial charge in [0, 0.05) is 32.5 Å². The molecule has 0 N–H and O–H groups in total. The topological polar surface area (TPSA) is 15.6 Å². The highest BCUT2D eigenvalue weighted by Gasteiger charge is 2.32. The van der Waals surface area contributed by atoms with E-state index >= 15 is 0 Å². The molecule has 3 heterocycles. The van der Waals surface area contributed by atoms with E-state index in [2.05, 4.69) is 46.1 Å². The van der Waals surface area contributed by atoms with Crippen LogP contribution in [0.3, 0.4) is 0 Å². The second-order valence-corrected chi connectivity index (χ2v) is 6.40. The lowest BCUT2D eigenvalue weighted by Gasteiger charge is -2.16. The minimum atomic E-state index is 0.901. The number of hydrogen-bond acceptors (Lipinski definition) is 4. The number of rotatable bonds is 2. The summed E-state index contributed by atoms with van der Waals surface area (Å²) < 4.78 is 1.34. The summed E-state index contributed by atoms with van der Waals surface area (Å²) >= 11 is 3.54. The molecule has 94 valence electrons. The van der Waals surface area contributed by atoms with Gasteiger partial charge in [-0.25, -0.2) is 0 Å². The summed E-state index contributed by atoms with van der Waals surface area (Å²) in [6.07, 6.45) is 1.95. The van der Waals surface area contributed by atoms with Crippen LogP contribution in [0.15, 0.2) is 52.2 Å². The van der Waals surface area contributed by atoms with E-state index in [1.165, 1.54) is 26.3 Å². The molecule has 0 radical (unpaired) electrons. The van der Waals surface area contributed by atoms with Crippen LogP contribution in [0.5, 0.6) is 0 Å². The molecule has 2 nitrogen and oxygen atoms in total. The Hall–Kier alpha value is -1.52. The van der Waals surface area contributed by atoms with Gasteiger partial charge in [0.1, 0.15) is 0 Å². The van der Waals surface area contributed by atoms with Gasteiger partial charge in [0.05, 0.1) is 12.2 Å². The molecular formula is C15H12N2S2. The molecule has 0 unspecified atom stereocenters. The molecule has 19 heavy (non-hydrogen) atoms. The molecule has 0 spiro atoms. The minimum absolute atomic E-state index is 0.901. The normalized spacial score (nSPS) is 18.1. The Bertz CT molecular complexity index is 739. The Labute approximate surface area is 120 Å². The quantitative estimate of drug-likeness (QED) is 0.822. The van der Waals surface area contributed by atoms with E-state index in [0.29, 0.717) is 0 Å². The van der Waals surface area contributed by atoms with Crippen LogP contribution in [-0.2, 0) is 0 Å². The summed E-state index contributed by atoms with van der Waals surface area (Å²) in [6, 6.07) is 8.58. The molecule has 0 saturated heterocycles. The number of benzene rings is 1. The SMILES string of the molecule is C=CC1=C(c2csc3ccccc23)N2CCN=C2S1. The maximum absolute atomic E-state index is 4.56. The zero-order valence-electron chi connectivity index (χ0n) is 10.3. The van der Waals surface area contributed by atoms with Crippen LogP contribution in [-0.4, -0.2) is 23.2 Å². The van der Waals surface area contributed by atoms with Crippen LogP contribution in [0.4, 0.5) is 0 Å². The fraction of sp³-hybridized carbons (Fsp3) is 0.133. The number of hydrogen-bond donors (Lipinski definition) is 0. The number of fused-ring (bicyclic) bond motifs is 2. The van der Waals surface area contributed by atoms with Crippen LogP contribution in [0.2, 0.25) is 0 Å². The van der Waals surface area contributed by atoms with E-state index in [-0.39, 0.29) is 0 Å². The van der Waals surface area contributed by atoms with Crippen LogP contribution in [0, 0.1) is 0 Å². The van der Waals surface area contributed by atoms with Crippen molar-refractivity contribution in [2.75, 3.05) is 13.1 Å². The van der Waals surface area contributed by atoms with Crippen LogP contribution >= 0.6 is 23.1 Å². The van der Waals surface area contributed by atoms with Crippen molar-refractivity contribution in [1.82, 2.24) is 4.90 Å². The van der Waals surface area contributed by atoms with Crippen LogP contribution in [0.1, 0.15) is 5.56 Å². The fourth-order valence-electron chi connectivity index (χ4n) is 2.58. The molecule has 0 bridgehead atoms. The zero-order chi connectivity index (χ0) is 12.8. The number of allylic oxidation sites excluding steroid dienone is 1. The van der Waals surface area contributed by atoms with E-state index in [9.17, 15) is 0 Å². The van der Waals surface area contributed by atoms with Gasteiger partial charge in [0.2, 0.25) is 0 Å². The smallest absolute Gasteiger partial charge is 0.168 e. The number of amidine groups is 1. The van der Waals surface area contributed by atoms with Crippen molar-refractivity contribution in [3.05, 3.63) is 52.8 Å². The molecule has 2 aliphatic rings. The predicted octanol–water partition coefficient (Wildman–Crippen LogP) is 4.17. The maximum Gasteiger partial charge on any atom is 0.168 e. The molecule has 0 aliphatic carbocycles. The highest BCUT2D eigenvalue weighted by Crippen LogP contribution is 2.45. The lowest BCUT2D eigenvalue weighted by molar-refractivity contribution is 0.649. The van der Waals surface area contributed by atoms with Crippen molar-refractivity contribution in [2.45, 2.75) is 0 Å². The Morgan fingerprint density at radius 3 is 3.11 bits per heavy atom. The summed E-state index contributed by atoms with van der Waals surface area (Å²) in [5.74, 6) is 0. The Morgan fingerprint density at radius 2 is 2.21 bits per heavy atom. The first-order valence-electron chi connectivity index (χ1n) is 6.21. The fourth-order valence-corrected chi connectivity index (χ4v) is 4.57. The average Bonchev–Trinajstić information content (AvgIpc) is 3.11. The second kappa shape index (κ2) is 4.25. The highest BCUT2D eigenvalue weighted by molar-refractivity contribution is 8.17. The van der Waals surface area contributed by atoms with Gasteiger partial charge in [-0.1, -0.05) is 30.9 Å². The summed E-state index contributed by atoms with van der Waals surface area (Å²) in [5.41, 5.74) is 2.60. The number of nitrogens with zero attached hydrogens (tertiary/aromatic N) is 2. The van der Waals surface area contributed by atoms with Crippen molar-refractivity contribution in [1.29, 1.82) is 0 Å². The van der Waals surface area contributed by atoms with Gasteiger partial charge >= 0.3 is 0 Å². The van der Waals surface area contributed by atoms with E-state index in [0.717, 1.165) is 18.3 Å². The van der Waals surface area contributed by atoms with Gasteiger partial charge in [0.15, 0.2) is 5.17 Å². The summed E-state index contributed by atoms with van der Waals surface area (Å²) in [7, 11) is 0. The molecule has 0 saturated carbocycles. The predicted molar refractivity (Wildman–Crippen MR) is 85.5 cm³/mol. The first-order chi connectivity index (χ1) is 9.38. The molecule has 2 aromatic rings. The van der Waals surface area contributed by atoms with Gasteiger partial charge in [-0.15, -0.1) is 11.3 Å². The minimum Gasteiger partial charge on any atom is -0.317 e. The number of aliphatic imine (C=N–C) groups is 1. The average molecular weight is 284 g/mol. The van der Waals surface area contributed by atoms with Crippen LogP contribution in [0.25, 0.3) is 15.8 Å². The van der Waals surface area contributed by atoms with Gasteiger partial charge < -0.3 is 4.90 Å². The van der Waals surface area contributed by atoms with Gasteiger partial charge in [-0.3, -0.25) is 4.99 Å². The van der Waals surface area contributed by atoms with Crippen molar-refractivity contribution in [3.63, 3.8) is 0 Å². The standard InChI is InChI=1S/C15H12N2S2/c1-2-12-14(17-8-7-16-15(17)19-12)11-9-18-13-6-4-3-5-10(11)13/h2-6,9H,1,7-8H2.